The van der Waals surface area contributed by atoms with Gasteiger partial charge in [0, 0.05) is 17.5 Å². The Morgan fingerprint density at radius 2 is 2.04 bits per heavy atom. The average molecular weight is 346 g/mol. The van der Waals surface area contributed by atoms with Gasteiger partial charge in [-0.2, -0.15) is 0 Å². The summed E-state index contributed by atoms with van der Waals surface area (Å²) in [5, 5.41) is 17.7. The largest absolute Gasteiger partial charge is 0.449 e. The molecule has 0 aliphatic carbocycles. The maximum Gasteiger partial charge on any atom is 0.407 e. The number of hydrogen-bond acceptors (Lipinski definition) is 6. The molecule has 25 heavy (non-hydrogen) atoms. The SMILES string of the molecule is CC(C)(C)NC(=O)OCCCNc1c([N+](=O)[O-])cnc2ccccc12. The Kier molecular flexibility index (Phi) is 5.74. The lowest BCUT2D eigenvalue weighted by molar-refractivity contribution is -0.384. The molecule has 0 aliphatic rings. The molecule has 0 fully saturated rings. The van der Waals surface area contributed by atoms with Crippen LogP contribution in [0, 0.1) is 10.1 Å². The summed E-state index contributed by atoms with van der Waals surface area (Å²) in [6, 6.07) is 7.21. The van der Waals surface area contributed by atoms with Gasteiger partial charge in [0.1, 0.15) is 11.9 Å². The number of hydrogen-bond donors (Lipinski definition) is 2. The molecule has 8 nitrogen and oxygen atoms in total. The van der Waals surface area contributed by atoms with E-state index in [0.29, 0.717) is 29.6 Å². The van der Waals surface area contributed by atoms with Crippen molar-refractivity contribution >= 4 is 28.4 Å². The van der Waals surface area contributed by atoms with Crippen LogP contribution in [0.5, 0.6) is 0 Å². The van der Waals surface area contributed by atoms with E-state index in [9.17, 15) is 14.9 Å². The highest BCUT2D eigenvalue weighted by Crippen LogP contribution is 2.31. The van der Waals surface area contributed by atoms with Crippen LogP contribution >= 0.6 is 0 Å². The van der Waals surface area contributed by atoms with E-state index in [1.807, 2.05) is 26.8 Å². The van der Waals surface area contributed by atoms with Gasteiger partial charge in [-0.15, -0.1) is 0 Å². The first-order chi connectivity index (χ1) is 11.8. The van der Waals surface area contributed by atoms with Crippen LogP contribution in [0.1, 0.15) is 27.2 Å². The Morgan fingerprint density at radius 3 is 2.72 bits per heavy atom. The predicted molar refractivity (Wildman–Crippen MR) is 95.7 cm³/mol. The zero-order valence-corrected chi connectivity index (χ0v) is 14.5. The molecule has 2 N–H and O–H groups in total. The van der Waals surface area contributed by atoms with Gasteiger partial charge >= 0.3 is 11.8 Å². The second kappa shape index (κ2) is 7.78. The number of benzene rings is 1. The number of nitrogens with zero attached hydrogens (tertiary/aromatic N) is 2. The minimum absolute atomic E-state index is 0.0786. The Morgan fingerprint density at radius 1 is 1.32 bits per heavy atom. The molecule has 1 aromatic carbocycles. The smallest absolute Gasteiger partial charge is 0.407 e. The Hall–Kier alpha value is -2.90. The first kappa shape index (κ1) is 18.4. The van der Waals surface area contributed by atoms with Gasteiger partial charge in [-0.05, 0) is 33.3 Å². The van der Waals surface area contributed by atoms with Crippen LogP contribution in [0.25, 0.3) is 10.9 Å². The Bertz CT molecular complexity index is 771. The number of fused-ring (bicyclic) bond motifs is 1. The summed E-state index contributed by atoms with van der Waals surface area (Å²) in [5.74, 6) is 0. The number of nitrogens with one attached hydrogen (secondary N) is 2. The number of rotatable bonds is 6. The van der Waals surface area contributed by atoms with E-state index >= 15 is 0 Å². The van der Waals surface area contributed by atoms with E-state index in [1.54, 1.807) is 18.2 Å². The highest BCUT2D eigenvalue weighted by molar-refractivity contribution is 5.95. The molecule has 0 unspecified atom stereocenters. The van der Waals surface area contributed by atoms with Crippen LogP contribution in [0.3, 0.4) is 0 Å². The molecule has 8 heteroatoms. The van der Waals surface area contributed by atoms with Gasteiger partial charge in [0.15, 0.2) is 0 Å². The molecule has 2 rings (SSSR count). The summed E-state index contributed by atoms with van der Waals surface area (Å²) in [7, 11) is 0. The number of para-hydroxylation sites is 1. The normalized spacial score (nSPS) is 11.2. The van der Waals surface area contributed by atoms with Crippen molar-refractivity contribution in [2.24, 2.45) is 0 Å². The lowest BCUT2D eigenvalue weighted by atomic mass is 10.1. The lowest BCUT2D eigenvalue weighted by Crippen LogP contribution is -2.41. The summed E-state index contributed by atoms with van der Waals surface area (Å²) < 4.78 is 5.08. The molecule has 2 aromatic rings. The molecule has 0 saturated carbocycles. The zero-order valence-electron chi connectivity index (χ0n) is 14.5. The summed E-state index contributed by atoms with van der Waals surface area (Å²) in [6.45, 7) is 6.24. The van der Waals surface area contributed by atoms with Crippen molar-refractivity contribution in [1.29, 1.82) is 0 Å². The van der Waals surface area contributed by atoms with E-state index in [2.05, 4.69) is 15.6 Å². The van der Waals surface area contributed by atoms with E-state index in [0.717, 1.165) is 0 Å². The molecule has 1 amide bonds. The second-order valence-electron chi connectivity index (χ2n) is 6.58. The second-order valence-corrected chi connectivity index (χ2v) is 6.58. The van der Waals surface area contributed by atoms with Crippen molar-refractivity contribution in [3.63, 3.8) is 0 Å². The lowest BCUT2D eigenvalue weighted by Gasteiger charge is -2.20. The van der Waals surface area contributed by atoms with Crippen LogP contribution < -0.4 is 10.6 Å². The Labute approximate surface area is 145 Å². The van der Waals surface area contributed by atoms with Gasteiger partial charge in [-0.1, -0.05) is 18.2 Å². The number of alkyl carbamates (subject to hydrolysis) is 1. The van der Waals surface area contributed by atoms with Crippen molar-refractivity contribution in [1.82, 2.24) is 10.3 Å². The third-order valence-corrected chi connectivity index (χ3v) is 3.29. The molecule has 0 atom stereocenters. The highest BCUT2D eigenvalue weighted by Gasteiger charge is 2.18. The average Bonchev–Trinajstić information content (AvgIpc) is 2.52. The molecule has 0 aliphatic heterocycles. The molecule has 134 valence electrons. The monoisotopic (exact) mass is 346 g/mol. The molecule has 1 heterocycles. The topological polar surface area (TPSA) is 106 Å². The van der Waals surface area contributed by atoms with Crippen LogP contribution in [0.4, 0.5) is 16.2 Å². The van der Waals surface area contributed by atoms with Crippen LogP contribution in [-0.2, 0) is 4.74 Å². The fourth-order valence-corrected chi connectivity index (χ4v) is 2.25. The third-order valence-electron chi connectivity index (χ3n) is 3.29. The number of amides is 1. The van der Waals surface area contributed by atoms with Gasteiger partial charge < -0.3 is 15.4 Å². The summed E-state index contributed by atoms with van der Waals surface area (Å²) in [6.07, 6.45) is 1.29. The van der Waals surface area contributed by atoms with Gasteiger partial charge in [-0.3, -0.25) is 10.1 Å². The quantitative estimate of drug-likeness (QED) is 0.471. The number of carbonyl (C=O) groups is 1. The number of pyridine rings is 1. The van der Waals surface area contributed by atoms with Crippen molar-refractivity contribution in [3.05, 3.63) is 40.6 Å². The Balaban J connectivity index is 1.95. The van der Waals surface area contributed by atoms with Crippen molar-refractivity contribution < 1.29 is 14.5 Å². The molecular formula is C17H22N4O4. The number of nitro groups is 1. The molecule has 0 saturated heterocycles. The van der Waals surface area contributed by atoms with E-state index in [-0.39, 0.29) is 17.8 Å². The predicted octanol–water partition coefficient (Wildman–Crippen LogP) is 3.47. The summed E-state index contributed by atoms with van der Waals surface area (Å²) in [5.41, 5.74) is 0.669. The number of aromatic nitrogens is 1. The fraction of sp³-hybridized carbons (Fsp3) is 0.412. The molecule has 0 spiro atoms. The van der Waals surface area contributed by atoms with Crippen LogP contribution in [-0.4, -0.2) is 34.7 Å². The molecule has 0 radical (unpaired) electrons. The maximum atomic E-state index is 11.6. The van der Waals surface area contributed by atoms with Crippen molar-refractivity contribution in [2.45, 2.75) is 32.7 Å². The first-order valence-electron chi connectivity index (χ1n) is 7.99. The third kappa shape index (κ3) is 5.30. The summed E-state index contributed by atoms with van der Waals surface area (Å²) in [4.78, 5) is 26.4. The van der Waals surface area contributed by atoms with E-state index < -0.39 is 11.0 Å². The minimum Gasteiger partial charge on any atom is -0.449 e. The molecule has 1 aromatic heterocycles. The number of carbonyl (C=O) groups excluding carboxylic acids is 1. The number of ether oxygens (including phenoxy) is 1. The molecule has 0 bridgehead atoms. The first-order valence-corrected chi connectivity index (χ1v) is 7.99. The standard InChI is InChI=1S/C17H22N4O4/c1-17(2,3)20-16(22)25-10-6-9-18-15-12-7-4-5-8-13(12)19-11-14(15)21(23)24/h4-5,7-8,11H,6,9-10H2,1-3H3,(H,18,19)(H,20,22). The van der Waals surface area contributed by atoms with E-state index in [1.165, 1.54) is 6.20 Å². The minimum atomic E-state index is -0.479. The van der Waals surface area contributed by atoms with E-state index in [4.69, 9.17) is 4.74 Å². The number of anilines is 1. The van der Waals surface area contributed by atoms with Crippen molar-refractivity contribution in [2.75, 3.05) is 18.5 Å². The maximum absolute atomic E-state index is 11.6. The zero-order chi connectivity index (χ0) is 18.4. The van der Waals surface area contributed by atoms with Gasteiger partial charge in [0.05, 0.1) is 17.0 Å². The van der Waals surface area contributed by atoms with Gasteiger partial charge in [0.2, 0.25) is 0 Å². The summed E-state index contributed by atoms with van der Waals surface area (Å²) >= 11 is 0. The van der Waals surface area contributed by atoms with Crippen LogP contribution in [0.2, 0.25) is 0 Å². The van der Waals surface area contributed by atoms with Crippen molar-refractivity contribution in [3.8, 4) is 0 Å². The fourth-order valence-electron chi connectivity index (χ4n) is 2.25. The highest BCUT2D eigenvalue weighted by atomic mass is 16.6. The molecular weight excluding hydrogens is 324 g/mol. The van der Waals surface area contributed by atoms with Gasteiger partial charge in [-0.25, -0.2) is 9.78 Å². The van der Waals surface area contributed by atoms with Crippen LogP contribution in [0.15, 0.2) is 30.5 Å². The van der Waals surface area contributed by atoms with Gasteiger partial charge in [0.25, 0.3) is 0 Å².